The summed E-state index contributed by atoms with van der Waals surface area (Å²) in [5.41, 5.74) is 9.01. The van der Waals surface area contributed by atoms with Gasteiger partial charge in [-0.2, -0.15) is 0 Å². The lowest BCUT2D eigenvalue weighted by atomic mass is 10.1. The van der Waals surface area contributed by atoms with Gasteiger partial charge in [0.15, 0.2) is 0 Å². The Balaban J connectivity index is 1.58. The Hall–Kier alpha value is -4.50. The maximum absolute atomic E-state index is 6.24. The second-order valence-corrected chi connectivity index (χ2v) is 8.63. The summed E-state index contributed by atoms with van der Waals surface area (Å²) < 4.78 is 8.67. The van der Waals surface area contributed by atoms with Gasteiger partial charge in [0.1, 0.15) is 11.2 Å². The molecule has 0 amide bonds. The van der Waals surface area contributed by atoms with Crippen LogP contribution in [0.15, 0.2) is 114 Å². The number of hydrogen-bond donors (Lipinski definition) is 0. The van der Waals surface area contributed by atoms with Crippen LogP contribution in [0, 0.1) is 0 Å². The van der Waals surface area contributed by atoms with Gasteiger partial charge in [-0.1, -0.05) is 60.7 Å². The van der Waals surface area contributed by atoms with Crippen molar-refractivity contribution in [3.05, 3.63) is 109 Å². The van der Waals surface area contributed by atoms with Crippen LogP contribution in [0.25, 0.3) is 49.4 Å². The molecule has 0 aliphatic carbocycles. The van der Waals surface area contributed by atoms with Crippen LogP contribution in [-0.2, 0) is 0 Å². The molecule has 2 aromatic heterocycles. The van der Waals surface area contributed by atoms with Crippen molar-refractivity contribution in [3.63, 3.8) is 0 Å². The Morgan fingerprint density at radius 2 is 1.21 bits per heavy atom. The minimum atomic E-state index is 0.930. The van der Waals surface area contributed by atoms with Gasteiger partial charge < -0.3 is 13.9 Å². The van der Waals surface area contributed by atoms with E-state index in [9.17, 15) is 0 Å². The van der Waals surface area contributed by atoms with Crippen molar-refractivity contribution in [2.45, 2.75) is 0 Å². The third-order valence-corrected chi connectivity index (χ3v) is 6.88. The molecule has 0 spiro atoms. The molecular formula is C30H18N2O. The summed E-state index contributed by atoms with van der Waals surface area (Å²) in [6.45, 7) is 0. The van der Waals surface area contributed by atoms with Gasteiger partial charge in [0, 0.05) is 27.2 Å². The van der Waals surface area contributed by atoms with Gasteiger partial charge in [-0.3, -0.25) is 0 Å². The van der Waals surface area contributed by atoms with Crippen molar-refractivity contribution in [1.29, 1.82) is 0 Å². The molecule has 0 fully saturated rings. The Bertz CT molecular complexity index is 1870. The lowest BCUT2D eigenvalue weighted by molar-refractivity contribution is 0.669. The molecule has 3 heterocycles. The van der Waals surface area contributed by atoms with Crippen molar-refractivity contribution in [1.82, 2.24) is 4.57 Å². The van der Waals surface area contributed by atoms with Crippen LogP contribution < -0.4 is 4.90 Å². The number of nitrogens with zero attached hydrogens (tertiary/aromatic N) is 2. The van der Waals surface area contributed by atoms with Gasteiger partial charge in [-0.05, 0) is 48.5 Å². The number of anilines is 3. The third-order valence-electron chi connectivity index (χ3n) is 6.88. The van der Waals surface area contributed by atoms with Crippen molar-refractivity contribution >= 4 is 60.8 Å². The van der Waals surface area contributed by atoms with Gasteiger partial charge in [-0.25, -0.2) is 0 Å². The molecule has 3 nitrogen and oxygen atoms in total. The van der Waals surface area contributed by atoms with E-state index in [1.54, 1.807) is 0 Å². The highest BCUT2D eigenvalue weighted by molar-refractivity contribution is 6.20. The molecule has 33 heavy (non-hydrogen) atoms. The highest BCUT2D eigenvalue weighted by Crippen LogP contribution is 2.50. The van der Waals surface area contributed by atoms with Crippen molar-refractivity contribution < 1.29 is 4.42 Å². The molecule has 0 bridgehead atoms. The lowest BCUT2D eigenvalue weighted by Gasteiger charge is -2.33. The summed E-state index contributed by atoms with van der Waals surface area (Å²) in [5.74, 6) is 0. The Labute approximate surface area is 189 Å². The van der Waals surface area contributed by atoms with E-state index >= 15 is 0 Å². The van der Waals surface area contributed by atoms with Crippen molar-refractivity contribution in [2.75, 3.05) is 4.90 Å². The zero-order chi connectivity index (χ0) is 21.5. The molecule has 5 aromatic carbocycles. The zero-order valence-corrected chi connectivity index (χ0v) is 17.7. The minimum Gasteiger partial charge on any atom is -0.456 e. The number of hydrogen-bond acceptors (Lipinski definition) is 2. The largest absolute Gasteiger partial charge is 0.456 e. The van der Waals surface area contributed by atoms with E-state index in [1.807, 2.05) is 12.1 Å². The molecule has 0 unspecified atom stereocenters. The molecule has 0 N–H and O–H groups in total. The first kappa shape index (κ1) is 17.1. The van der Waals surface area contributed by atoms with E-state index in [0.717, 1.165) is 27.6 Å². The molecule has 154 valence electrons. The first-order valence-corrected chi connectivity index (χ1v) is 11.2. The average molecular weight is 422 g/mol. The normalized spacial score (nSPS) is 12.8. The molecular weight excluding hydrogens is 404 g/mol. The predicted molar refractivity (Wildman–Crippen MR) is 136 cm³/mol. The van der Waals surface area contributed by atoms with Crippen LogP contribution >= 0.6 is 0 Å². The first-order valence-electron chi connectivity index (χ1n) is 11.2. The van der Waals surface area contributed by atoms with Gasteiger partial charge in [0.05, 0.1) is 28.1 Å². The van der Waals surface area contributed by atoms with E-state index in [4.69, 9.17) is 4.42 Å². The molecule has 3 heteroatoms. The van der Waals surface area contributed by atoms with Crippen LogP contribution in [-0.4, -0.2) is 4.57 Å². The van der Waals surface area contributed by atoms with Gasteiger partial charge in [-0.15, -0.1) is 0 Å². The molecule has 0 saturated heterocycles. The van der Waals surface area contributed by atoms with Gasteiger partial charge in [0.25, 0.3) is 0 Å². The zero-order valence-electron chi connectivity index (χ0n) is 17.7. The fraction of sp³-hybridized carbons (Fsp3) is 0. The molecule has 1 aliphatic rings. The fourth-order valence-corrected chi connectivity index (χ4v) is 5.52. The van der Waals surface area contributed by atoms with Gasteiger partial charge >= 0.3 is 0 Å². The van der Waals surface area contributed by atoms with Gasteiger partial charge in [0.2, 0.25) is 0 Å². The molecule has 0 atom stereocenters. The number of fused-ring (bicyclic) bond motifs is 8. The highest BCUT2D eigenvalue weighted by atomic mass is 16.3. The summed E-state index contributed by atoms with van der Waals surface area (Å²) >= 11 is 0. The van der Waals surface area contributed by atoms with E-state index in [-0.39, 0.29) is 0 Å². The highest BCUT2D eigenvalue weighted by Gasteiger charge is 2.28. The molecule has 7 aromatic rings. The molecule has 1 aliphatic heterocycles. The van der Waals surface area contributed by atoms with E-state index in [2.05, 4.69) is 107 Å². The SMILES string of the molecule is c1ccc(N2c3ccccc3-n3c4cc5c(cc4c4cccc2c43)oc2ccccc25)cc1. The molecule has 0 saturated carbocycles. The predicted octanol–water partition coefficient (Wildman–Crippen LogP) is 8.47. The quantitative estimate of drug-likeness (QED) is 0.264. The number of rotatable bonds is 1. The lowest BCUT2D eigenvalue weighted by Crippen LogP contribution is -2.17. The smallest absolute Gasteiger partial charge is 0.136 e. The molecule has 8 rings (SSSR count). The Morgan fingerprint density at radius 1 is 0.485 bits per heavy atom. The van der Waals surface area contributed by atoms with Crippen molar-refractivity contribution in [3.8, 4) is 5.69 Å². The summed E-state index contributed by atoms with van der Waals surface area (Å²) in [7, 11) is 0. The second-order valence-electron chi connectivity index (χ2n) is 8.63. The second kappa shape index (κ2) is 6.05. The molecule has 0 radical (unpaired) electrons. The van der Waals surface area contributed by atoms with Crippen LogP contribution in [0.5, 0.6) is 0 Å². The average Bonchev–Trinajstić information content (AvgIpc) is 3.40. The fourth-order valence-electron chi connectivity index (χ4n) is 5.52. The number of para-hydroxylation sites is 5. The van der Waals surface area contributed by atoms with E-state index in [0.29, 0.717) is 0 Å². The van der Waals surface area contributed by atoms with Crippen LogP contribution in [0.2, 0.25) is 0 Å². The topological polar surface area (TPSA) is 21.3 Å². The summed E-state index contributed by atoms with van der Waals surface area (Å²) in [5, 5.41) is 4.76. The summed E-state index contributed by atoms with van der Waals surface area (Å²) in [4.78, 5) is 2.37. The van der Waals surface area contributed by atoms with Crippen molar-refractivity contribution in [2.24, 2.45) is 0 Å². The standard InChI is InChI=1S/C30H18N2O/c1-2-9-19(10-3-1)31-24-13-5-6-14-25(24)32-27-17-23-20-11-4-7-16-28(20)33-29(23)18-22(27)21-12-8-15-26(31)30(21)32/h1-18H. The van der Waals surface area contributed by atoms with E-state index in [1.165, 1.54) is 38.9 Å². The number of aromatic nitrogens is 1. The number of furan rings is 1. The Kier molecular flexibility index (Phi) is 3.14. The van der Waals surface area contributed by atoms with E-state index < -0.39 is 0 Å². The third kappa shape index (κ3) is 2.14. The first-order chi connectivity index (χ1) is 16.4. The van der Waals surface area contributed by atoms with Crippen LogP contribution in [0.3, 0.4) is 0 Å². The van der Waals surface area contributed by atoms with Crippen LogP contribution in [0.1, 0.15) is 0 Å². The summed E-state index contributed by atoms with van der Waals surface area (Å²) in [6.07, 6.45) is 0. The minimum absolute atomic E-state index is 0.930. The summed E-state index contributed by atoms with van der Waals surface area (Å²) in [6, 6.07) is 38.7. The maximum atomic E-state index is 6.24. The monoisotopic (exact) mass is 422 g/mol. The van der Waals surface area contributed by atoms with Crippen LogP contribution in [0.4, 0.5) is 17.1 Å². The number of benzene rings is 5. The maximum Gasteiger partial charge on any atom is 0.136 e. The Morgan fingerprint density at radius 3 is 2.12 bits per heavy atom.